The SMILES string of the molecule is CCCCNC(=O)C(C)N(Cc1ccc(Br)cc1)C(=O)Cc1ccccc1. The smallest absolute Gasteiger partial charge is 0.242 e. The molecule has 0 aliphatic carbocycles. The highest BCUT2D eigenvalue weighted by molar-refractivity contribution is 9.10. The molecule has 1 atom stereocenters. The Kier molecular flexibility index (Phi) is 8.52. The van der Waals surface area contributed by atoms with E-state index in [1.54, 1.807) is 11.8 Å². The molecule has 0 heterocycles. The van der Waals surface area contributed by atoms with Crippen molar-refractivity contribution < 1.29 is 9.59 Å². The number of hydrogen-bond acceptors (Lipinski definition) is 2. The van der Waals surface area contributed by atoms with E-state index < -0.39 is 6.04 Å². The lowest BCUT2D eigenvalue weighted by Crippen LogP contribution is -2.48. The normalized spacial score (nSPS) is 11.7. The predicted molar refractivity (Wildman–Crippen MR) is 112 cm³/mol. The minimum atomic E-state index is -0.526. The van der Waals surface area contributed by atoms with Crippen LogP contribution in [0, 0.1) is 0 Å². The van der Waals surface area contributed by atoms with Crippen LogP contribution >= 0.6 is 15.9 Å². The number of halogens is 1. The molecule has 1 N–H and O–H groups in total. The average molecular weight is 431 g/mol. The van der Waals surface area contributed by atoms with E-state index in [1.165, 1.54) is 0 Å². The molecule has 2 aromatic rings. The molecule has 0 aliphatic heterocycles. The lowest BCUT2D eigenvalue weighted by Gasteiger charge is -2.29. The van der Waals surface area contributed by atoms with Crippen molar-refractivity contribution in [2.45, 2.75) is 45.7 Å². The molecule has 0 saturated heterocycles. The van der Waals surface area contributed by atoms with Gasteiger partial charge in [0.1, 0.15) is 6.04 Å². The third-order valence-corrected chi connectivity index (χ3v) is 4.99. The topological polar surface area (TPSA) is 49.4 Å². The summed E-state index contributed by atoms with van der Waals surface area (Å²) in [5, 5.41) is 2.94. The lowest BCUT2D eigenvalue weighted by atomic mass is 10.1. The molecular formula is C22H27BrN2O2. The summed E-state index contributed by atoms with van der Waals surface area (Å²) < 4.78 is 0.985. The summed E-state index contributed by atoms with van der Waals surface area (Å²) in [6, 6.07) is 16.9. The van der Waals surface area contributed by atoms with E-state index in [-0.39, 0.29) is 18.2 Å². The third-order valence-electron chi connectivity index (χ3n) is 4.46. The fraction of sp³-hybridized carbons (Fsp3) is 0.364. The predicted octanol–water partition coefficient (Wildman–Crippen LogP) is 4.33. The highest BCUT2D eigenvalue weighted by Crippen LogP contribution is 2.15. The largest absolute Gasteiger partial charge is 0.354 e. The molecule has 4 nitrogen and oxygen atoms in total. The second kappa shape index (κ2) is 10.9. The first-order valence-corrected chi connectivity index (χ1v) is 10.2. The number of carbonyl (C=O) groups excluding carboxylic acids is 2. The molecule has 0 aliphatic rings. The quantitative estimate of drug-likeness (QED) is 0.601. The van der Waals surface area contributed by atoms with Crippen LogP contribution in [-0.2, 0) is 22.6 Å². The first kappa shape index (κ1) is 21.2. The van der Waals surface area contributed by atoms with Gasteiger partial charge in [-0.2, -0.15) is 0 Å². The molecule has 0 aromatic heterocycles. The van der Waals surface area contributed by atoms with Gasteiger partial charge >= 0.3 is 0 Å². The number of amides is 2. The highest BCUT2D eigenvalue weighted by Gasteiger charge is 2.25. The third kappa shape index (κ3) is 6.83. The second-order valence-corrected chi connectivity index (χ2v) is 7.55. The monoisotopic (exact) mass is 430 g/mol. The maximum atomic E-state index is 13.0. The summed E-state index contributed by atoms with van der Waals surface area (Å²) in [5.74, 6) is -0.163. The summed E-state index contributed by atoms with van der Waals surface area (Å²) in [6.07, 6.45) is 2.23. The van der Waals surface area contributed by atoms with Crippen LogP contribution in [0.25, 0.3) is 0 Å². The second-order valence-electron chi connectivity index (χ2n) is 6.63. The van der Waals surface area contributed by atoms with Crippen molar-refractivity contribution in [3.05, 3.63) is 70.2 Å². The van der Waals surface area contributed by atoms with E-state index in [1.807, 2.05) is 54.6 Å². The van der Waals surface area contributed by atoms with Gasteiger partial charge in [-0.05, 0) is 36.6 Å². The van der Waals surface area contributed by atoms with Crippen molar-refractivity contribution in [1.82, 2.24) is 10.2 Å². The summed E-state index contributed by atoms with van der Waals surface area (Å²) in [5.41, 5.74) is 1.94. The van der Waals surface area contributed by atoms with Gasteiger partial charge in [0.2, 0.25) is 11.8 Å². The Morgan fingerprint density at radius 1 is 1.04 bits per heavy atom. The Morgan fingerprint density at radius 2 is 1.70 bits per heavy atom. The molecule has 0 spiro atoms. The van der Waals surface area contributed by atoms with Gasteiger partial charge in [-0.15, -0.1) is 0 Å². The maximum absolute atomic E-state index is 13.0. The summed E-state index contributed by atoms with van der Waals surface area (Å²) in [4.78, 5) is 27.2. The summed E-state index contributed by atoms with van der Waals surface area (Å²) in [7, 11) is 0. The van der Waals surface area contributed by atoms with Crippen LogP contribution in [0.1, 0.15) is 37.8 Å². The van der Waals surface area contributed by atoms with Crippen LogP contribution < -0.4 is 5.32 Å². The minimum Gasteiger partial charge on any atom is -0.354 e. The molecule has 2 amide bonds. The number of benzene rings is 2. The first-order chi connectivity index (χ1) is 13.0. The van der Waals surface area contributed by atoms with Gasteiger partial charge < -0.3 is 10.2 Å². The zero-order chi connectivity index (χ0) is 19.6. The van der Waals surface area contributed by atoms with Gasteiger partial charge in [0.05, 0.1) is 6.42 Å². The van der Waals surface area contributed by atoms with Crippen molar-refractivity contribution in [3.8, 4) is 0 Å². The summed E-state index contributed by atoms with van der Waals surface area (Å²) in [6.45, 7) is 4.92. The number of nitrogens with zero attached hydrogens (tertiary/aromatic N) is 1. The van der Waals surface area contributed by atoms with E-state index in [9.17, 15) is 9.59 Å². The van der Waals surface area contributed by atoms with Gasteiger partial charge in [0, 0.05) is 17.6 Å². The maximum Gasteiger partial charge on any atom is 0.242 e. The van der Waals surface area contributed by atoms with Crippen LogP contribution in [0.2, 0.25) is 0 Å². The van der Waals surface area contributed by atoms with Crippen molar-refractivity contribution in [2.24, 2.45) is 0 Å². The molecule has 27 heavy (non-hydrogen) atoms. The van der Waals surface area contributed by atoms with Crippen LogP contribution in [0.5, 0.6) is 0 Å². The average Bonchev–Trinajstić information content (AvgIpc) is 2.67. The van der Waals surface area contributed by atoms with Crippen molar-refractivity contribution in [1.29, 1.82) is 0 Å². The molecule has 0 bridgehead atoms. The Balaban J connectivity index is 2.14. The van der Waals surface area contributed by atoms with Crippen molar-refractivity contribution in [2.75, 3.05) is 6.54 Å². The number of nitrogens with one attached hydrogen (secondary N) is 1. The zero-order valence-electron chi connectivity index (χ0n) is 16.0. The number of unbranched alkanes of at least 4 members (excludes halogenated alkanes) is 1. The lowest BCUT2D eigenvalue weighted by molar-refractivity contribution is -0.140. The fourth-order valence-corrected chi connectivity index (χ4v) is 3.04. The highest BCUT2D eigenvalue weighted by atomic mass is 79.9. The van der Waals surface area contributed by atoms with E-state index >= 15 is 0 Å². The molecule has 0 radical (unpaired) electrons. The van der Waals surface area contributed by atoms with Crippen LogP contribution in [0.15, 0.2) is 59.1 Å². The molecule has 0 saturated carbocycles. The number of carbonyl (C=O) groups is 2. The van der Waals surface area contributed by atoms with Gasteiger partial charge in [-0.3, -0.25) is 9.59 Å². The summed E-state index contributed by atoms with van der Waals surface area (Å²) >= 11 is 3.43. The van der Waals surface area contributed by atoms with Gasteiger partial charge in [0.15, 0.2) is 0 Å². The van der Waals surface area contributed by atoms with E-state index in [0.29, 0.717) is 13.1 Å². The Hall–Kier alpha value is -2.14. The molecule has 0 fully saturated rings. The van der Waals surface area contributed by atoms with Gasteiger partial charge in [-0.1, -0.05) is 71.7 Å². The fourth-order valence-electron chi connectivity index (χ4n) is 2.78. The van der Waals surface area contributed by atoms with Crippen LogP contribution in [0.4, 0.5) is 0 Å². The van der Waals surface area contributed by atoms with Crippen LogP contribution in [-0.4, -0.2) is 29.3 Å². The van der Waals surface area contributed by atoms with Crippen LogP contribution in [0.3, 0.4) is 0 Å². The molecule has 144 valence electrons. The molecule has 2 aromatic carbocycles. The number of rotatable bonds is 9. The zero-order valence-corrected chi connectivity index (χ0v) is 17.5. The molecule has 2 rings (SSSR count). The standard InChI is InChI=1S/C22H27BrN2O2/c1-3-4-14-24-22(27)17(2)25(16-19-10-12-20(23)13-11-19)21(26)15-18-8-6-5-7-9-18/h5-13,17H,3-4,14-16H2,1-2H3,(H,24,27). The Labute approximate surface area is 170 Å². The Bertz CT molecular complexity index is 732. The van der Waals surface area contributed by atoms with E-state index in [4.69, 9.17) is 0 Å². The minimum absolute atomic E-state index is 0.0535. The van der Waals surface area contributed by atoms with E-state index in [0.717, 1.165) is 28.4 Å². The van der Waals surface area contributed by atoms with E-state index in [2.05, 4.69) is 28.2 Å². The Morgan fingerprint density at radius 3 is 2.33 bits per heavy atom. The van der Waals surface area contributed by atoms with Gasteiger partial charge in [0.25, 0.3) is 0 Å². The molecule has 1 unspecified atom stereocenters. The van der Waals surface area contributed by atoms with Crippen molar-refractivity contribution >= 4 is 27.7 Å². The number of hydrogen-bond donors (Lipinski definition) is 1. The molecular weight excluding hydrogens is 404 g/mol. The van der Waals surface area contributed by atoms with Crippen molar-refractivity contribution in [3.63, 3.8) is 0 Å². The first-order valence-electron chi connectivity index (χ1n) is 9.36. The van der Waals surface area contributed by atoms with Gasteiger partial charge in [-0.25, -0.2) is 0 Å². The molecule has 5 heteroatoms.